The molecule has 0 saturated carbocycles. The van der Waals surface area contributed by atoms with Crippen LogP contribution in [-0.4, -0.2) is 52.9 Å². The van der Waals surface area contributed by atoms with E-state index < -0.39 is 34.0 Å². The van der Waals surface area contributed by atoms with Gasteiger partial charge in [0.2, 0.25) is 6.79 Å². The van der Waals surface area contributed by atoms with Gasteiger partial charge in [-0.05, 0) is 54.1 Å². The number of fused-ring (bicyclic) bond motifs is 3. The Hall–Kier alpha value is -6.05. The number of hydrogen-bond acceptors (Lipinski definition) is 13. The molecule has 3 aromatic carbocycles. The number of methoxy groups -OCH3 is 2. The maximum Gasteiger partial charge on any atom is 0.425 e. The van der Waals surface area contributed by atoms with E-state index >= 15 is 0 Å². The topological polar surface area (TPSA) is 135 Å². The van der Waals surface area contributed by atoms with Crippen molar-refractivity contribution in [3.63, 3.8) is 0 Å². The number of esters is 2. The quantitative estimate of drug-likeness (QED) is 0.0932. The summed E-state index contributed by atoms with van der Waals surface area (Å²) in [6.07, 6.45) is -8.96. The van der Waals surface area contributed by atoms with Crippen LogP contribution in [0.25, 0.3) is 43.2 Å². The first-order valence-corrected chi connectivity index (χ1v) is 18.6. The Bertz CT molecular complexity index is 2670. The molecule has 0 spiro atoms. The van der Waals surface area contributed by atoms with Gasteiger partial charge in [-0.3, -0.25) is 0 Å². The Morgan fingerprint density at radius 3 is 1.72 bits per heavy atom. The second-order valence-corrected chi connectivity index (χ2v) is 14.5. The molecule has 1 aliphatic rings. The zero-order chi connectivity index (χ0) is 41.4. The molecule has 0 amide bonds. The highest BCUT2D eigenvalue weighted by Crippen LogP contribution is 2.41. The predicted octanol–water partition coefficient (Wildman–Crippen LogP) is 10.3. The molecule has 0 aliphatic carbocycles. The van der Waals surface area contributed by atoms with Crippen molar-refractivity contribution in [1.29, 1.82) is 0 Å². The number of hydrogen-bond donors (Lipinski definition) is 1. The molecule has 58 heavy (non-hydrogen) atoms. The first-order valence-electron chi connectivity index (χ1n) is 16.5. The first kappa shape index (κ1) is 40.2. The van der Waals surface area contributed by atoms with E-state index in [0.717, 1.165) is 17.7 Å². The van der Waals surface area contributed by atoms with Crippen LogP contribution in [-0.2, 0) is 28.4 Å². The number of nitrogens with one attached hydrogen (secondary N) is 1. The lowest BCUT2D eigenvalue weighted by atomic mass is 10.1. The second-order valence-electron chi connectivity index (χ2n) is 12.1. The highest BCUT2D eigenvalue weighted by Gasteiger charge is 2.35. The lowest BCUT2D eigenvalue weighted by Crippen LogP contribution is -2.04. The maximum absolute atomic E-state index is 13.4. The minimum absolute atomic E-state index is 0.0567. The van der Waals surface area contributed by atoms with E-state index in [4.69, 9.17) is 25.8 Å². The van der Waals surface area contributed by atoms with Crippen molar-refractivity contribution in [2.45, 2.75) is 18.9 Å². The number of thiophene rings is 2. The van der Waals surface area contributed by atoms with Crippen molar-refractivity contribution in [3.8, 4) is 34.3 Å². The fraction of sp³-hybridized carbons (Fsp3) is 0.158. The van der Waals surface area contributed by atoms with Gasteiger partial charge in [-0.1, -0.05) is 41.9 Å². The van der Waals surface area contributed by atoms with Crippen LogP contribution in [0.4, 0.5) is 32.2 Å². The van der Waals surface area contributed by atoms with E-state index in [9.17, 15) is 35.9 Å². The number of anilines is 1. The number of carbonyl (C=O) groups excluding carboxylic acids is 2. The third kappa shape index (κ3) is 8.60. The van der Waals surface area contributed by atoms with Crippen molar-refractivity contribution in [3.05, 3.63) is 110 Å². The van der Waals surface area contributed by atoms with Crippen LogP contribution in [0, 0.1) is 0 Å². The number of nitrogens with zero attached hydrogens (tertiary/aromatic N) is 4. The number of alkyl halides is 6. The minimum Gasteiger partial charge on any atom is -0.465 e. The molecule has 20 heteroatoms. The molecule has 0 atom stereocenters. The van der Waals surface area contributed by atoms with Crippen molar-refractivity contribution < 1.29 is 54.9 Å². The van der Waals surface area contributed by atoms with Gasteiger partial charge in [-0.2, -0.15) is 26.3 Å². The summed E-state index contributed by atoms with van der Waals surface area (Å²) < 4.78 is 98.6. The SMILES string of the molecule is COC(=O)c1ccc(-c2nc(Cl)c3cc(C(F)(F)F)sc3n2)cc1.COC(=O)c1ccc(-c2nc(NCc3ccc4c(c3)OCO4)c3cc(C(F)(F)F)sc3n2)cc1. The van der Waals surface area contributed by atoms with Crippen LogP contribution < -0.4 is 14.8 Å². The molecule has 0 saturated heterocycles. The predicted molar refractivity (Wildman–Crippen MR) is 203 cm³/mol. The van der Waals surface area contributed by atoms with E-state index in [2.05, 4.69) is 30.0 Å². The summed E-state index contributed by atoms with van der Waals surface area (Å²) in [6, 6.07) is 19.9. The summed E-state index contributed by atoms with van der Waals surface area (Å²) in [7, 11) is 2.54. The Balaban J connectivity index is 0.000000188. The van der Waals surface area contributed by atoms with Gasteiger partial charge in [0.05, 0.1) is 30.7 Å². The summed E-state index contributed by atoms with van der Waals surface area (Å²) in [6.45, 7) is 0.437. The monoisotopic (exact) mass is 859 g/mol. The highest BCUT2D eigenvalue weighted by molar-refractivity contribution is 7.19. The van der Waals surface area contributed by atoms with Crippen LogP contribution in [0.2, 0.25) is 5.15 Å². The van der Waals surface area contributed by atoms with Gasteiger partial charge < -0.3 is 24.3 Å². The standard InChI is InChI=1S/C23H16F3N3O4S.C15H8ClF3N2O2S/c1-31-22(30)14-5-3-13(4-6-14)19-28-20(15-9-18(23(24,25)26)34-21(15)29-19)27-10-12-2-7-16-17(8-12)33-11-32-16;1-23-14(22)8-4-2-7(3-5-8)12-20-11(16)9-6-10(15(17,18)19)24-13(9)21-12/h2-9H,10-11H2,1H3,(H,27,28,29);2-6H,1H3. The zero-order valence-electron chi connectivity index (χ0n) is 29.6. The number of ether oxygens (including phenoxy) is 4. The van der Waals surface area contributed by atoms with Crippen LogP contribution in [0.15, 0.2) is 78.9 Å². The number of aromatic nitrogens is 4. The molecular weight excluding hydrogens is 836 g/mol. The van der Waals surface area contributed by atoms with Crippen molar-refractivity contribution in [2.75, 3.05) is 26.3 Å². The highest BCUT2D eigenvalue weighted by atomic mass is 35.5. The average molecular weight is 860 g/mol. The number of carbonyl (C=O) groups is 2. The number of benzene rings is 3. The normalized spacial score (nSPS) is 12.3. The Labute approximate surface area is 336 Å². The van der Waals surface area contributed by atoms with E-state index in [-0.39, 0.29) is 49.8 Å². The molecule has 8 rings (SSSR count). The van der Waals surface area contributed by atoms with E-state index in [1.165, 1.54) is 26.4 Å². The van der Waals surface area contributed by atoms with Gasteiger partial charge >= 0.3 is 24.3 Å². The van der Waals surface area contributed by atoms with Crippen molar-refractivity contribution >= 4 is 72.5 Å². The minimum atomic E-state index is -4.50. The van der Waals surface area contributed by atoms with Gasteiger partial charge in [-0.15, -0.1) is 22.7 Å². The summed E-state index contributed by atoms with van der Waals surface area (Å²) in [5.41, 5.74) is 2.58. The molecule has 1 aliphatic heterocycles. The third-order valence-corrected chi connectivity index (χ3v) is 10.8. The van der Waals surface area contributed by atoms with Crippen LogP contribution in [0.5, 0.6) is 11.5 Å². The number of rotatable bonds is 7. The fourth-order valence-electron chi connectivity index (χ4n) is 5.46. The molecule has 4 aromatic heterocycles. The van der Waals surface area contributed by atoms with E-state index in [1.807, 2.05) is 6.07 Å². The van der Waals surface area contributed by atoms with E-state index in [1.54, 1.807) is 48.5 Å². The Morgan fingerprint density at radius 2 is 1.19 bits per heavy atom. The van der Waals surface area contributed by atoms with Gasteiger partial charge in [0.15, 0.2) is 23.1 Å². The van der Waals surface area contributed by atoms with Gasteiger partial charge in [0.25, 0.3) is 0 Å². The third-order valence-electron chi connectivity index (χ3n) is 8.32. The molecule has 7 aromatic rings. The van der Waals surface area contributed by atoms with E-state index in [0.29, 0.717) is 63.0 Å². The molecule has 11 nitrogen and oxygen atoms in total. The number of halogens is 7. The second kappa shape index (κ2) is 16.1. The average Bonchev–Trinajstić information content (AvgIpc) is 3.98. The summed E-state index contributed by atoms with van der Waals surface area (Å²) in [5.74, 6) is 0.923. The molecule has 0 radical (unpaired) electrons. The summed E-state index contributed by atoms with van der Waals surface area (Å²) in [4.78, 5) is 38.9. The van der Waals surface area contributed by atoms with Crippen molar-refractivity contribution in [2.24, 2.45) is 0 Å². The van der Waals surface area contributed by atoms with Crippen LogP contribution >= 0.6 is 34.3 Å². The smallest absolute Gasteiger partial charge is 0.425 e. The van der Waals surface area contributed by atoms with Crippen LogP contribution in [0.3, 0.4) is 0 Å². The summed E-state index contributed by atoms with van der Waals surface area (Å²) in [5, 5.41) is 3.50. The van der Waals surface area contributed by atoms with Crippen molar-refractivity contribution in [1.82, 2.24) is 19.9 Å². The van der Waals surface area contributed by atoms with Gasteiger partial charge in [0.1, 0.15) is 30.4 Å². The molecule has 5 heterocycles. The molecule has 0 bridgehead atoms. The molecule has 1 N–H and O–H groups in total. The fourth-order valence-corrected chi connectivity index (χ4v) is 7.54. The Morgan fingerprint density at radius 1 is 0.690 bits per heavy atom. The van der Waals surface area contributed by atoms with Gasteiger partial charge in [0, 0.05) is 23.1 Å². The summed E-state index contributed by atoms with van der Waals surface area (Å²) >= 11 is 7.05. The molecular formula is C38H24ClF6N5O6S2. The largest absolute Gasteiger partial charge is 0.465 e. The zero-order valence-corrected chi connectivity index (χ0v) is 32.0. The van der Waals surface area contributed by atoms with Gasteiger partial charge in [-0.25, -0.2) is 29.5 Å². The molecule has 0 unspecified atom stereocenters. The first-order chi connectivity index (χ1) is 27.6. The molecule has 298 valence electrons. The lowest BCUT2D eigenvalue weighted by Gasteiger charge is -2.10. The maximum atomic E-state index is 13.4. The lowest BCUT2D eigenvalue weighted by molar-refractivity contribution is -0.135. The Kier molecular flexibility index (Phi) is 11.1. The van der Waals surface area contributed by atoms with Crippen LogP contribution in [0.1, 0.15) is 36.0 Å². The molecule has 0 fully saturated rings.